The van der Waals surface area contributed by atoms with Gasteiger partial charge in [0.1, 0.15) is 17.3 Å². The molecule has 8 heteroatoms. The van der Waals surface area contributed by atoms with Gasteiger partial charge in [0.05, 0.1) is 14.7 Å². The second kappa shape index (κ2) is 18.3. The molecule has 0 saturated heterocycles. The van der Waals surface area contributed by atoms with Crippen LogP contribution in [0.25, 0.3) is 0 Å². The van der Waals surface area contributed by atoms with Gasteiger partial charge in [-0.25, -0.2) is 16.8 Å². The van der Waals surface area contributed by atoms with Crippen molar-refractivity contribution < 1.29 is 26.7 Å². The van der Waals surface area contributed by atoms with E-state index in [0.717, 1.165) is 18.2 Å². The highest BCUT2D eigenvalue weighted by molar-refractivity contribution is 7.99. The summed E-state index contributed by atoms with van der Waals surface area (Å²) in [6, 6.07) is 0. The van der Waals surface area contributed by atoms with E-state index in [1.807, 2.05) is 19.9 Å². The highest BCUT2D eigenvalue weighted by Crippen LogP contribution is 2.23. The van der Waals surface area contributed by atoms with E-state index in [4.69, 9.17) is 4.74 Å². The van der Waals surface area contributed by atoms with Crippen LogP contribution in [0.15, 0.2) is 168 Å². The van der Waals surface area contributed by atoms with Crippen molar-refractivity contribution in [2.75, 3.05) is 0 Å². The van der Waals surface area contributed by atoms with Gasteiger partial charge in [0, 0.05) is 4.91 Å². The Morgan fingerprint density at radius 1 is 0.659 bits per heavy atom. The molecule has 0 spiro atoms. The molecule has 0 aliphatic heterocycles. The lowest BCUT2D eigenvalue weighted by Crippen LogP contribution is -2.05. The number of allylic oxidation sites excluding steroid dienone is 16. The fourth-order valence-corrected chi connectivity index (χ4v) is 5.47. The average molecular weight is 597 g/mol. The Bertz CT molecular complexity index is 1480. The number of ether oxygens (including phenoxy) is 1. The third kappa shape index (κ3) is 11.9. The minimum Gasteiger partial charge on any atom is -0.508 e. The summed E-state index contributed by atoms with van der Waals surface area (Å²) in [4.78, 5) is -0.154. The minimum atomic E-state index is -4.04. The molecule has 0 aliphatic carbocycles. The van der Waals surface area contributed by atoms with E-state index >= 15 is 0 Å². The number of aliphatic hydroxyl groups is 1. The number of rotatable bonds is 18. The van der Waals surface area contributed by atoms with E-state index in [1.165, 1.54) is 54.7 Å². The summed E-state index contributed by atoms with van der Waals surface area (Å²) in [5, 5.41) is 9.55. The third-order valence-electron chi connectivity index (χ3n) is 5.10. The Kier molecular flexibility index (Phi) is 16.4. The summed E-state index contributed by atoms with van der Waals surface area (Å²) < 4.78 is 58.1. The second-order valence-electron chi connectivity index (χ2n) is 8.39. The van der Waals surface area contributed by atoms with Crippen LogP contribution in [0.1, 0.15) is 27.2 Å². The van der Waals surface area contributed by atoms with Crippen molar-refractivity contribution in [2.24, 2.45) is 5.92 Å². The monoisotopic (exact) mass is 596 g/mol. The van der Waals surface area contributed by atoms with Crippen LogP contribution in [0.5, 0.6) is 0 Å². The van der Waals surface area contributed by atoms with Gasteiger partial charge >= 0.3 is 0 Å². The van der Waals surface area contributed by atoms with Crippen molar-refractivity contribution in [3.8, 4) is 0 Å². The van der Waals surface area contributed by atoms with Crippen molar-refractivity contribution in [1.29, 1.82) is 0 Å². The SMILES string of the molecule is C=C/C(O)=C\C=C(/C=C)S(=O)(=O)/C(C=C)=C/C=C(\C=C)O/C(C=C)=C/C=C(\C=C)S(=O)(=O)/C(=C/C=C\C(C)C)CC. The quantitative estimate of drug-likeness (QED) is 0.126. The van der Waals surface area contributed by atoms with Crippen molar-refractivity contribution in [1.82, 2.24) is 0 Å². The zero-order chi connectivity index (χ0) is 31.6. The third-order valence-corrected chi connectivity index (χ3v) is 8.98. The standard InChI is InChI=1S/C33H40O6S2/c1-10-27(34)20-23-31(14-5)41(37,38)33(16-7)25-22-29(12-3)39-28(11-2)21-24-32(15-6)40(35,36)30(13-4)19-17-18-26(8)9/h10-12,14-26,34H,1-3,5-7,13H2,4,8-9H3/b18-17-,27-20+,28-21+,29-22+,30-19+,31-23+,32-24+,33-25+. The van der Waals surface area contributed by atoms with Crippen molar-refractivity contribution in [2.45, 2.75) is 27.2 Å². The number of aliphatic hydroxyl groups excluding tert-OH is 1. The van der Waals surface area contributed by atoms with Crippen LogP contribution >= 0.6 is 0 Å². The molecule has 0 aliphatic rings. The first-order valence-electron chi connectivity index (χ1n) is 12.5. The average Bonchev–Trinajstić information content (AvgIpc) is 2.93. The predicted octanol–water partition coefficient (Wildman–Crippen LogP) is 8.32. The van der Waals surface area contributed by atoms with Crippen LogP contribution in [0.3, 0.4) is 0 Å². The molecule has 0 amide bonds. The molecule has 0 bridgehead atoms. The molecule has 1 N–H and O–H groups in total. The fourth-order valence-electron chi connectivity index (χ4n) is 2.86. The van der Waals surface area contributed by atoms with Crippen LogP contribution in [0, 0.1) is 5.92 Å². The van der Waals surface area contributed by atoms with E-state index in [2.05, 4.69) is 39.5 Å². The molecule has 41 heavy (non-hydrogen) atoms. The van der Waals surface area contributed by atoms with Crippen LogP contribution in [0.4, 0.5) is 0 Å². The van der Waals surface area contributed by atoms with Crippen LogP contribution in [-0.2, 0) is 24.4 Å². The van der Waals surface area contributed by atoms with E-state index in [9.17, 15) is 21.9 Å². The molecule has 6 nitrogen and oxygen atoms in total. The molecule has 0 radical (unpaired) electrons. The van der Waals surface area contributed by atoms with Gasteiger partial charge in [0.2, 0.25) is 19.7 Å². The zero-order valence-corrected chi connectivity index (χ0v) is 25.6. The van der Waals surface area contributed by atoms with Crippen molar-refractivity contribution >= 4 is 19.7 Å². The van der Waals surface area contributed by atoms with Gasteiger partial charge in [0.25, 0.3) is 0 Å². The summed E-state index contributed by atoms with van der Waals surface area (Å²) in [6.45, 7) is 27.2. The largest absolute Gasteiger partial charge is 0.508 e. The molecule has 0 aromatic heterocycles. The normalized spacial score (nSPS) is 15.1. The van der Waals surface area contributed by atoms with E-state index in [-0.39, 0.29) is 42.8 Å². The van der Waals surface area contributed by atoms with Crippen LogP contribution in [-0.4, -0.2) is 21.9 Å². The smallest absolute Gasteiger partial charge is 0.206 e. The van der Waals surface area contributed by atoms with Gasteiger partial charge in [0.15, 0.2) is 0 Å². The number of sulfone groups is 2. The van der Waals surface area contributed by atoms with Crippen LogP contribution < -0.4 is 0 Å². The molecule has 0 unspecified atom stereocenters. The van der Waals surface area contributed by atoms with E-state index in [0.29, 0.717) is 6.42 Å². The molecule has 0 fully saturated rings. The molecule has 0 rings (SSSR count). The number of hydrogen-bond acceptors (Lipinski definition) is 6. The van der Waals surface area contributed by atoms with E-state index < -0.39 is 19.7 Å². The Morgan fingerprint density at radius 3 is 1.46 bits per heavy atom. The molecule has 0 aromatic rings. The molecule has 0 heterocycles. The Labute approximate surface area is 246 Å². The summed E-state index contributed by atoms with van der Waals surface area (Å²) in [5.74, 6) is 0.362. The molecule has 0 aromatic carbocycles. The topological polar surface area (TPSA) is 97.7 Å². The van der Waals surface area contributed by atoms with Gasteiger partial charge in [-0.1, -0.05) is 90.6 Å². The first kappa shape index (κ1) is 36.9. The minimum absolute atomic E-state index is 0.0316. The molecular formula is C33H40O6S2. The van der Waals surface area contributed by atoms with E-state index in [1.54, 1.807) is 19.1 Å². The first-order valence-corrected chi connectivity index (χ1v) is 15.5. The van der Waals surface area contributed by atoms with Gasteiger partial charge in [-0.15, -0.1) is 0 Å². The summed E-state index contributed by atoms with van der Waals surface area (Å²) >= 11 is 0. The van der Waals surface area contributed by atoms with Gasteiger partial charge in [-0.05, 0) is 73.1 Å². The lowest BCUT2D eigenvalue weighted by atomic mass is 10.2. The summed E-state index contributed by atoms with van der Waals surface area (Å²) in [7, 11) is -7.84. The number of hydrogen-bond donors (Lipinski definition) is 1. The molecular weight excluding hydrogens is 556 g/mol. The van der Waals surface area contributed by atoms with Crippen molar-refractivity contribution in [3.05, 3.63) is 168 Å². The van der Waals surface area contributed by atoms with Crippen molar-refractivity contribution in [3.63, 3.8) is 0 Å². The summed E-state index contributed by atoms with van der Waals surface area (Å²) in [6.07, 6.45) is 20.6. The van der Waals surface area contributed by atoms with Gasteiger partial charge in [-0.3, -0.25) is 0 Å². The highest BCUT2D eigenvalue weighted by atomic mass is 32.2. The maximum atomic E-state index is 13.2. The lowest BCUT2D eigenvalue weighted by molar-refractivity contribution is 0.337. The Balaban J connectivity index is 6.47. The second-order valence-corrected chi connectivity index (χ2v) is 12.3. The lowest BCUT2D eigenvalue weighted by Gasteiger charge is -2.09. The molecule has 0 saturated carbocycles. The van der Waals surface area contributed by atoms with Gasteiger partial charge in [-0.2, -0.15) is 0 Å². The van der Waals surface area contributed by atoms with Crippen LogP contribution in [0.2, 0.25) is 0 Å². The summed E-state index contributed by atoms with van der Waals surface area (Å²) in [5.41, 5.74) is 0. The Hall–Kier alpha value is -4.14. The predicted molar refractivity (Wildman–Crippen MR) is 174 cm³/mol. The highest BCUT2D eigenvalue weighted by Gasteiger charge is 2.20. The molecule has 0 atom stereocenters. The molecule has 220 valence electrons. The fraction of sp³-hybridized carbons (Fsp3) is 0.152. The van der Waals surface area contributed by atoms with Gasteiger partial charge < -0.3 is 9.84 Å². The Morgan fingerprint density at radius 2 is 1.10 bits per heavy atom. The maximum Gasteiger partial charge on any atom is 0.206 e. The maximum absolute atomic E-state index is 13.2. The first-order chi connectivity index (χ1) is 19.3. The zero-order valence-electron chi connectivity index (χ0n) is 24.0.